The minimum Gasteiger partial charge on any atom is -0.485 e. The van der Waals surface area contributed by atoms with Crippen molar-refractivity contribution in [1.29, 1.82) is 0 Å². The Bertz CT molecular complexity index is 1140. The zero-order chi connectivity index (χ0) is 24.8. The van der Waals surface area contributed by atoms with Gasteiger partial charge in [0, 0.05) is 47.1 Å². The van der Waals surface area contributed by atoms with Crippen molar-refractivity contribution in [2.75, 3.05) is 25.4 Å². The van der Waals surface area contributed by atoms with Crippen LogP contribution >= 0.6 is 23.2 Å². The molecule has 8 heteroatoms. The zero-order valence-electron chi connectivity index (χ0n) is 19.4. The molecule has 1 aliphatic rings. The minimum atomic E-state index is 0.142. The molecule has 3 aromatic rings. The third-order valence-corrected chi connectivity index (χ3v) is 7.17. The summed E-state index contributed by atoms with van der Waals surface area (Å²) in [5, 5.41) is 10.2. The number of amides is 1. The number of aliphatic hydroxyl groups is 1. The van der Waals surface area contributed by atoms with Gasteiger partial charge in [-0.25, -0.2) is 4.98 Å². The van der Waals surface area contributed by atoms with Gasteiger partial charge >= 0.3 is 0 Å². The molecule has 6 nitrogen and oxygen atoms in total. The first-order valence-corrected chi connectivity index (χ1v) is 12.5. The Morgan fingerprint density at radius 1 is 1.09 bits per heavy atom. The fraction of sp³-hybridized carbons (Fsp3) is 0.333. The van der Waals surface area contributed by atoms with E-state index in [1.165, 1.54) is 0 Å². The van der Waals surface area contributed by atoms with E-state index in [0.717, 1.165) is 49.0 Å². The Kier molecular flexibility index (Phi) is 8.50. The maximum absolute atomic E-state index is 12.7. The molecule has 0 radical (unpaired) electrons. The maximum Gasteiger partial charge on any atom is 0.226 e. The summed E-state index contributed by atoms with van der Waals surface area (Å²) in [5.74, 6) is 1.39. The summed E-state index contributed by atoms with van der Waals surface area (Å²) >= 11 is 12.5. The number of ether oxygens (including phenoxy) is 1. The van der Waals surface area contributed by atoms with Crippen LogP contribution in [-0.2, 0) is 17.8 Å². The number of halogens is 2. The van der Waals surface area contributed by atoms with Crippen LogP contribution in [0.15, 0.2) is 54.7 Å². The second kappa shape index (κ2) is 11.8. The van der Waals surface area contributed by atoms with Crippen molar-refractivity contribution in [1.82, 2.24) is 9.88 Å². The molecule has 0 aliphatic carbocycles. The molecular weight excluding hydrogens is 485 g/mol. The summed E-state index contributed by atoms with van der Waals surface area (Å²) < 4.78 is 5.89. The van der Waals surface area contributed by atoms with E-state index < -0.39 is 0 Å². The van der Waals surface area contributed by atoms with Crippen LogP contribution in [0.5, 0.6) is 5.75 Å². The van der Waals surface area contributed by atoms with Crippen molar-refractivity contribution in [3.63, 3.8) is 0 Å². The highest BCUT2D eigenvalue weighted by atomic mass is 35.5. The second-order valence-corrected chi connectivity index (χ2v) is 9.62. The van der Waals surface area contributed by atoms with E-state index in [-0.39, 0.29) is 24.9 Å². The summed E-state index contributed by atoms with van der Waals surface area (Å²) in [5.41, 5.74) is 9.47. The monoisotopic (exact) mass is 513 g/mol. The lowest BCUT2D eigenvalue weighted by molar-refractivity contribution is -0.131. The number of nitrogens with zero attached hydrogens (tertiary/aromatic N) is 2. The lowest BCUT2D eigenvalue weighted by Crippen LogP contribution is -2.39. The van der Waals surface area contributed by atoms with Gasteiger partial charge in [-0.05, 0) is 54.5 Å². The van der Waals surface area contributed by atoms with Crippen molar-refractivity contribution in [2.24, 2.45) is 5.92 Å². The number of nitrogens with two attached hydrogens (primary N) is 1. The van der Waals surface area contributed by atoms with E-state index in [9.17, 15) is 4.79 Å². The molecule has 0 atom stereocenters. The van der Waals surface area contributed by atoms with Crippen LogP contribution in [-0.4, -0.2) is 40.6 Å². The summed E-state index contributed by atoms with van der Waals surface area (Å²) in [6, 6.07) is 15.0. The molecule has 1 saturated heterocycles. The highest BCUT2D eigenvalue weighted by Crippen LogP contribution is 2.30. The SMILES string of the molecule is Nc1ncc(-c2ccc(CC(=O)N3CCC(CCO)CC3)cc2)cc1OCc1c(Cl)cccc1Cl. The smallest absolute Gasteiger partial charge is 0.226 e. The fourth-order valence-electron chi connectivity index (χ4n) is 4.30. The quantitative estimate of drug-likeness (QED) is 0.422. The number of anilines is 1. The highest BCUT2D eigenvalue weighted by Gasteiger charge is 2.22. The first kappa shape index (κ1) is 25.3. The predicted octanol–water partition coefficient (Wildman–Crippen LogP) is 5.38. The number of benzene rings is 2. The van der Waals surface area contributed by atoms with Crippen LogP contribution in [0.3, 0.4) is 0 Å². The number of hydrogen-bond acceptors (Lipinski definition) is 5. The second-order valence-electron chi connectivity index (χ2n) is 8.81. The molecule has 0 spiro atoms. The normalized spacial score (nSPS) is 14.2. The van der Waals surface area contributed by atoms with Crippen molar-refractivity contribution >= 4 is 34.9 Å². The third-order valence-electron chi connectivity index (χ3n) is 6.46. The summed E-state index contributed by atoms with van der Waals surface area (Å²) in [4.78, 5) is 18.9. The number of rotatable bonds is 8. The standard InChI is InChI=1S/C27H29Cl2N3O3/c28-23-2-1-3-24(29)22(23)17-35-25-15-21(16-31-27(25)30)20-6-4-19(5-7-20)14-26(34)32-11-8-18(9-12-32)10-13-33/h1-7,15-16,18,33H,8-14,17H2,(H2,30,31). The fourth-order valence-corrected chi connectivity index (χ4v) is 4.81. The van der Waals surface area contributed by atoms with Gasteiger partial charge in [0.1, 0.15) is 6.61 Å². The number of carbonyl (C=O) groups excluding carboxylic acids is 1. The van der Waals surface area contributed by atoms with Gasteiger partial charge in [0.2, 0.25) is 5.91 Å². The van der Waals surface area contributed by atoms with Gasteiger partial charge in [-0.1, -0.05) is 53.5 Å². The van der Waals surface area contributed by atoms with Crippen molar-refractivity contribution < 1.29 is 14.6 Å². The molecule has 35 heavy (non-hydrogen) atoms. The van der Waals surface area contributed by atoms with Gasteiger partial charge in [0.15, 0.2) is 11.6 Å². The molecule has 1 aliphatic heterocycles. The van der Waals surface area contributed by atoms with E-state index in [2.05, 4.69) is 4.98 Å². The lowest BCUT2D eigenvalue weighted by atomic mass is 9.93. The van der Waals surface area contributed by atoms with Crippen LogP contribution in [0.4, 0.5) is 5.82 Å². The number of pyridine rings is 1. The number of likely N-dealkylation sites (tertiary alicyclic amines) is 1. The Morgan fingerprint density at radius 2 is 1.77 bits per heavy atom. The Morgan fingerprint density at radius 3 is 2.43 bits per heavy atom. The minimum absolute atomic E-state index is 0.142. The molecule has 2 heterocycles. The van der Waals surface area contributed by atoms with E-state index >= 15 is 0 Å². The Hall–Kier alpha value is -2.80. The molecule has 1 aromatic heterocycles. The maximum atomic E-state index is 12.7. The van der Waals surface area contributed by atoms with Gasteiger partial charge in [-0.3, -0.25) is 4.79 Å². The molecule has 0 bridgehead atoms. The summed E-state index contributed by atoms with van der Waals surface area (Å²) in [7, 11) is 0. The van der Waals surface area contributed by atoms with Crippen LogP contribution < -0.4 is 10.5 Å². The molecule has 184 valence electrons. The van der Waals surface area contributed by atoms with Crippen molar-refractivity contribution in [3.8, 4) is 16.9 Å². The Labute approximate surface area is 215 Å². The highest BCUT2D eigenvalue weighted by molar-refractivity contribution is 6.35. The van der Waals surface area contributed by atoms with Crippen LogP contribution in [0.1, 0.15) is 30.4 Å². The largest absolute Gasteiger partial charge is 0.485 e. The van der Waals surface area contributed by atoms with Crippen molar-refractivity contribution in [2.45, 2.75) is 32.3 Å². The Balaban J connectivity index is 1.39. The molecule has 0 saturated carbocycles. The number of hydrogen-bond donors (Lipinski definition) is 2. The topological polar surface area (TPSA) is 88.7 Å². The molecule has 3 N–H and O–H groups in total. The van der Waals surface area contributed by atoms with E-state index in [1.807, 2.05) is 35.2 Å². The number of nitrogen functional groups attached to an aromatic ring is 1. The average molecular weight is 514 g/mol. The molecule has 2 aromatic carbocycles. The molecule has 1 fully saturated rings. The first-order valence-electron chi connectivity index (χ1n) is 11.7. The number of aliphatic hydroxyl groups excluding tert-OH is 1. The summed E-state index contributed by atoms with van der Waals surface area (Å²) in [6.07, 6.45) is 4.81. The number of piperidine rings is 1. The summed E-state index contributed by atoms with van der Waals surface area (Å²) in [6.45, 7) is 1.92. The molecule has 1 amide bonds. The van der Waals surface area contributed by atoms with Gasteiger partial charge in [-0.2, -0.15) is 0 Å². The van der Waals surface area contributed by atoms with Crippen LogP contribution in [0, 0.1) is 5.92 Å². The van der Waals surface area contributed by atoms with Gasteiger partial charge in [0.05, 0.1) is 6.42 Å². The van der Waals surface area contributed by atoms with Gasteiger partial charge in [0.25, 0.3) is 0 Å². The first-order chi connectivity index (χ1) is 16.9. The van der Waals surface area contributed by atoms with Crippen LogP contribution in [0.2, 0.25) is 10.0 Å². The zero-order valence-corrected chi connectivity index (χ0v) is 20.9. The number of carbonyl (C=O) groups is 1. The van der Waals surface area contributed by atoms with E-state index in [4.69, 9.17) is 38.8 Å². The van der Waals surface area contributed by atoms with Crippen LogP contribution in [0.25, 0.3) is 11.1 Å². The van der Waals surface area contributed by atoms with E-state index in [0.29, 0.717) is 33.7 Å². The molecular formula is C27H29Cl2N3O3. The predicted molar refractivity (Wildman–Crippen MR) is 140 cm³/mol. The van der Waals surface area contributed by atoms with Gasteiger partial charge in [-0.15, -0.1) is 0 Å². The van der Waals surface area contributed by atoms with Gasteiger partial charge < -0.3 is 20.5 Å². The molecule has 4 rings (SSSR count). The number of aromatic nitrogens is 1. The van der Waals surface area contributed by atoms with Crippen molar-refractivity contribution in [3.05, 3.63) is 75.9 Å². The average Bonchev–Trinajstić information content (AvgIpc) is 2.86. The molecule has 0 unspecified atom stereocenters. The lowest BCUT2D eigenvalue weighted by Gasteiger charge is -2.31. The van der Waals surface area contributed by atoms with E-state index in [1.54, 1.807) is 24.4 Å². The third kappa shape index (κ3) is 6.45.